The van der Waals surface area contributed by atoms with Crippen molar-refractivity contribution in [1.82, 2.24) is 0 Å². The number of benzene rings is 2. The highest BCUT2D eigenvalue weighted by Gasteiger charge is 2.28. The van der Waals surface area contributed by atoms with Crippen molar-refractivity contribution in [3.8, 4) is 0 Å². The molecule has 8 heteroatoms. The molecular weight excluding hydrogens is 401 g/mol. The van der Waals surface area contributed by atoms with E-state index in [2.05, 4.69) is 15.9 Å². The van der Waals surface area contributed by atoms with Gasteiger partial charge in [-0.05, 0) is 35.4 Å². The topological polar surface area (TPSA) is 86.5 Å². The summed E-state index contributed by atoms with van der Waals surface area (Å²) in [5.74, 6) is -1.49. The molecule has 0 spiro atoms. The number of rotatable bonds is 3. The van der Waals surface area contributed by atoms with Gasteiger partial charge in [0.05, 0.1) is 5.57 Å². The zero-order valence-corrected chi connectivity index (χ0v) is 14.5. The highest BCUT2D eigenvalue weighted by atomic mass is 79.9. The molecule has 1 heterocycles. The van der Waals surface area contributed by atoms with Crippen LogP contribution in [0.15, 0.2) is 51.8 Å². The summed E-state index contributed by atoms with van der Waals surface area (Å²) < 4.78 is 42.5. The molecular formula is C16H11BrFNO4S. The first-order valence-corrected chi connectivity index (χ1v) is 9.10. The molecule has 0 saturated heterocycles. The van der Waals surface area contributed by atoms with Crippen molar-refractivity contribution in [2.45, 2.75) is 4.90 Å². The monoisotopic (exact) mass is 411 g/mol. The van der Waals surface area contributed by atoms with Crippen molar-refractivity contribution in [1.29, 1.82) is 0 Å². The summed E-state index contributed by atoms with van der Waals surface area (Å²) in [7, 11) is -4.15. The number of hydrogen-bond donors (Lipinski definition) is 1. The van der Waals surface area contributed by atoms with Gasteiger partial charge in [0.2, 0.25) is 10.0 Å². The fourth-order valence-electron chi connectivity index (χ4n) is 2.49. The first-order chi connectivity index (χ1) is 11.3. The predicted octanol–water partition coefficient (Wildman–Crippen LogP) is 2.70. The summed E-state index contributed by atoms with van der Waals surface area (Å²) in [6, 6.07) is 10.6. The van der Waals surface area contributed by atoms with E-state index in [4.69, 9.17) is 9.88 Å². The molecule has 0 atom stereocenters. The smallest absolute Gasteiger partial charge is 0.339 e. The minimum absolute atomic E-state index is 0.0190. The molecule has 0 aromatic heterocycles. The second kappa shape index (κ2) is 6.12. The third kappa shape index (κ3) is 3.12. The van der Waals surface area contributed by atoms with Gasteiger partial charge in [0.25, 0.3) is 0 Å². The number of sulfonamides is 1. The molecule has 1 aliphatic heterocycles. The lowest BCUT2D eigenvalue weighted by Crippen LogP contribution is -2.14. The molecule has 0 unspecified atom stereocenters. The molecule has 2 N–H and O–H groups in total. The first-order valence-electron chi connectivity index (χ1n) is 6.76. The van der Waals surface area contributed by atoms with E-state index in [9.17, 15) is 17.6 Å². The van der Waals surface area contributed by atoms with Crippen LogP contribution < -0.4 is 5.14 Å². The standard InChI is InChI=1S/C16H11BrFNO4S/c17-11-3-1-2-10(6-11)15-12(8-23-16(15)20)9-4-5-14(13(18)7-9)24(19,21)22/h1-7H,8H2,(H2,19,21,22). The van der Waals surface area contributed by atoms with Crippen molar-refractivity contribution in [2.24, 2.45) is 5.14 Å². The van der Waals surface area contributed by atoms with E-state index in [1.807, 2.05) is 6.07 Å². The normalized spacial score (nSPS) is 14.9. The Bertz CT molecular complexity index is 985. The van der Waals surface area contributed by atoms with Crippen LogP contribution in [-0.2, 0) is 19.6 Å². The van der Waals surface area contributed by atoms with E-state index >= 15 is 0 Å². The molecule has 124 valence electrons. The van der Waals surface area contributed by atoms with E-state index in [0.29, 0.717) is 22.3 Å². The van der Waals surface area contributed by atoms with Crippen LogP contribution >= 0.6 is 15.9 Å². The number of hydrogen-bond acceptors (Lipinski definition) is 4. The van der Waals surface area contributed by atoms with Crippen molar-refractivity contribution < 1.29 is 22.3 Å². The van der Waals surface area contributed by atoms with Crippen molar-refractivity contribution in [3.63, 3.8) is 0 Å². The Morgan fingerprint density at radius 1 is 1.12 bits per heavy atom. The minimum atomic E-state index is -4.15. The Morgan fingerprint density at radius 2 is 1.88 bits per heavy atom. The van der Waals surface area contributed by atoms with Gasteiger partial charge in [0.1, 0.15) is 17.3 Å². The zero-order chi connectivity index (χ0) is 17.5. The Balaban J connectivity index is 2.16. The molecule has 5 nitrogen and oxygen atoms in total. The number of carbonyl (C=O) groups excluding carboxylic acids is 1. The molecule has 24 heavy (non-hydrogen) atoms. The Morgan fingerprint density at radius 3 is 2.50 bits per heavy atom. The Kier molecular flexibility index (Phi) is 4.29. The van der Waals surface area contributed by atoms with E-state index in [1.54, 1.807) is 18.2 Å². The number of esters is 1. The summed E-state index contributed by atoms with van der Waals surface area (Å²) in [5.41, 5.74) is 1.79. The van der Waals surface area contributed by atoms with Crippen LogP contribution in [0.1, 0.15) is 11.1 Å². The summed E-state index contributed by atoms with van der Waals surface area (Å²) in [6.07, 6.45) is 0. The molecule has 2 aromatic rings. The maximum atomic E-state index is 14.1. The van der Waals surface area contributed by atoms with Crippen molar-refractivity contribution >= 4 is 43.1 Å². The number of ether oxygens (including phenoxy) is 1. The maximum absolute atomic E-state index is 14.1. The van der Waals surface area contributed by atoms with Gasteiger partial charge in [-0.2, -0.15) is 0 Å². The number of cyclic esters (lactones) is 1. The average molecular weight is 412 g/mol. The average Bonchev–Trinajstić information content (AvgIpc) is 2.87. The molecule has 0 fully saturated rings. The lowest BCUT2D eigenvalue weighted by atomic mass is 9.97. The van der Waals surface area contributed by atoms with Gasteiger partial charge in [-0.25, -0.2) is 22.7 Å². The number of nitrogens with two attached hydrogens (primary N) is 1. The van der Waals surface area contributed by atoms with Gasteiger partial charge < -0.3 is 4.74 Å². The number of halogens is 2. The SMILES string of the molecule is NS(=O)(=O)c1ccc(C2=C(c3cccc(Br)c3)C(=O)OC2)cc1F. The van der Waals surface area contributed by atoms with Crippen LogP contribution in [0, 0.1) is 5.82 Å². The van der Waals surface area contributed by atoms with Gasteiger partial charge >= 0.3 is 5.97 Å². The summed E-state index contributed by atoms with van der Waals surface area (Å²) in [5, 5.41) is 4.95. The third-order valence-electron chi connectivity index (χ3n) is 3.55. The van der Waals surface area contributed by atoms with E-state index < -0.39 is 26.7 Å². The quantitative estimate of drug-likeness (QED) is 0.786. The summed E-state index contributed by atoms with van der Waals surface area (Å²) >= 11 is 3.33. The van der Waals surface area contributed by atoms with Gasteiger partial charge in [0, 0.05) is 10.0 Å². The largest absolute Gasteiger partial charge is 0.457 e. The van der Waals surface area contributed by atoms with Crippen LogP contribution in [0.3, 0.4) is 0 Å². The second-order valence-electron chi connectivity index (χ2n) is 5.13. The Labute approximate surface area is 146 Å². The third-order valence-corrected chi connectivity index (χ3v) is 4.99. The first kappa shape index (κ1) is 16.8. The number of carbonyl (C=O) groups is 1. The second-order valence-corrected chi connectivity index (χ2v) is 7.58. The fourth-order valence-corrected chi connectivity index (χ4v) is 3.48. The van der Waals surface area contributed by atoms with Crippen LogP contribution in [0.4, 0.5) is 4.39 Å². The maximum Gasteiger partial charge on any atom is 0.339 e. The molecule has 2 aromatic carbocycles. The molecule has 3 rings (SSSR count). The highest BCUT2D eigenvalue weighted by Crippen LogP contribution is 2.34. The lowest BCUT2D eigenvalue weighted by molar-refractivity contribution is -0.133. The summed E-state index contributed by atoms with van der Waals surface area (Å²) in [4.78, 5) is 11.5. The van der Waals surface area contributed by atoms with Crippen LogP contribution in [-0.4, -0.2) is 21.0 Å². The van der Waals surface area contributed by atoms with Gasteiger partial charge in [0.15, 0.2) is 0 Å². The molecule has 0 saturated carbocycles. The number of primary sulfonamides is 1. The molecule has 0 bridgehead atoms. The fraction of sp³-hybridized carbons (Fsp3) is 0.0625. The minimum Gasteiger partial charge on any atom is -0.457 e. The van der Waals surface area contributed by atoms with Crippen LogP contribution in [0.25, 0.3) is 11.1 Å². The lowest BCUT2D eigenvalue weighted by Gasteiger charge is -2.07. The van der Waals surface area contributed by atoms with Crippen molar-refractivity contribution in [2.75, 3.05) is 6.61 Å². The molecule has 0 aliphatic carbocycles. The van der Waals surface area contributed by atoms with Crippen molar-refractivity contribution in [3.05, 3.63) is 63.9 Å². The zero-order valence-electron chi connectivity index (χ0n) is 12.1. The van der Waals surface area contributed by atoms with E-state index in [0.717, 1.165) is 16.6 Å². The molecule has 1 aliphatic rings. The van der Waals surface area contributed by atoms with Gasteiger partial charge in [-0.3, -0.25) is 0 Å². The van der Waals surface area contributed by atoms with Gasteiger partial charge in [-0.1, -0.05) is 34.1 Å². The Hall–Kier alpha value is -2.03. The summed E-state index contributed by atoms with van der Waals surface area (Å²) in [6.45, 7) is -0.0190. The van der Waals surface area contributed by atoms with Crippen LogP contribution in [0.2, 0.25) is 0 Å². The molecule has 0 radical (unpaired) electrons. The van der Waals surface area contributed by atoms with Gasteiger partial charge in [-0.15, -0.1) is 0 Å². The van der Waals surface area contributed by atoms with Crippen LogP contribution in [0.5, 0.6) is 0 Å². The predicted molar refractivity (Wildman–Crippen MR) is 89.7 cm³/mol. The van der Waals surface area contributed by atoms with E-state index in [-0.39, 0.29) is 6.61 Å². The van der Waals surface area contributed by atoms with E-state index in [1.165, 1.54) is 6.07 Å². The highest BCUT2D eigenvalue weighted by molar-refractivity contribution is 9.10. The molecule has 0 amide bonds.